The number of hydrogen-bond acceptors (Lipinski definition) is 4. The lowest BCUT2D eigenvalue weighted by Gasteiger charge is -2.28. The lowest BCUT2D eigenvalue weighted by Crippen LogP contribution is -2.44. The zero-order chi connectivity index (χ0) is 17.4. The molecule has 1 heterocycles. The second-order valence-electron chi connectivity index (χ2n) is 5.93. The van der Waals surface area contributed by atoms with E-state index in [1.165, 1.54) is 0 Å². The molecule has 1 amide bonds. The molecule has 1 atom stereocenters. The number of carbonyl (C=O) groups is 1. The van der Waals surface area contributed by atoms with E-state index >= 15 is 0 Å². The molecule has 1 aliphatic rings. The number of benzene rings is 1. The third-order valence-electron chi connectivity index (χ3n) is 4.16. The van der Waals surface area contributed by atoms with Crippen LogP contribution < -0.4 is 14.8 Å². The van der Waals surface area contributed by atoms with Gasteiger partial charge in [0.05, 0.1) is 7.11 Å². The maximum Gasteiger partial charge on any atom is 0.260 e. The summed E-state index contributed by atoms with van der Waals surface area (Å²) in [5.41, 5.74) is 1.04. The number of amides is 1. The number of carbonyl (C=O) groups excluding carboxylic acids is 1. The summed E-state index contributed by atoms with van der Waals surface area (Å²) < 4.78 is 11.1. The van der Waals surface area contributed by atoms with Crippen molar-refractivity contribution in [3.8, 4) is 11.5 Å². The molecule has 1 aromatic carbocycles. The number of nitrogens with zero attached hydrogens (tertiary/aromatic N) is 1. The van der Waals surface area contributed by atoms with Crippen molar-refractivity contribution in [2.75, 3.05) is 33.4 Å². The number of methoxy groups -OCH3 is 1. The molecule has 132 valence electrons. The van der Waals surface area contributed by atoms with E-state index in [0.29, 0.717) is 11.5 Å². The molecule has 1 aliphatic heterocycles. The molecule has 0 saturated carbocycles. The molecule has 1 aromatic rings. The highest BCUT2D eigenvalue weighted by molar-refractivity contribution is 5.78. The summed E-state index contributed by atoms with van der Waals surface area (Å²) in [6.45, 7) is 6.70. The first-order chi connectivity index (χ1) is 11.7. The standard InChI is InChI=1S/C19H28N2O3/c1-4-6-15-7-8-17(18(12-15)23-3)24-14-19(22)21(11-5-2)16-9-10-20-13-16/h4,6-8,12,16,20H,5,9-11,13-14H2,1-3H3/b6-4+. The molecule has 1 N–H and O–H groups in total. The van der Waals surface area contributed by atoms with Gasteiger partial charge in [-0.25, -0.2) is 0 Å². The van der Waals surface area contributed by atoms with Gasteiger partial charge in [0.25, 0.3) is 5.91 Å². The molecular weight excluding hydrogens is 304 g/mol. The van der Waals surface area contributed by atoms with Crippen LogP contribution in [0.2, 0.25) is 0 Å². The summed E-state index contributed by atoms with van der Waals surface area (Å²) in [7, 11) is 1.61. The minimum absolute atomic E-state index is 0.0325. The Labute approximate surface area is 144 Å². The minimum atomic E-state index is 0.0325. The van der Waals surface area contributed by atoms with Gasteiger partial charge >= 0.3 is 0 Å². The van der Waals surface area contributed by atoms with E-state index in [1.54, 1.807) is 7.11 Å². The molecule has 5 nitrogen and oxygen atoms in total. The zero-order valence-electron chi connectivity index (χ0n) is 14.9. The van der Waals surface area contributed by atoms with Crippen molar-refractivity contribution in [2.45, 2.75) is 32.7 Å². The van der Waals surface area contributed by atoms with Gasteiger partial charge in [0, 0.05) is 19.1 Å². The second kappa shape index (κ2) is 9.33. The highest BCUT2D eigenvalue weighted by atomic mass is 16.5. The van der Waals surface area contributed by atoms with E-state index in [0.717, 1.165) is 38.0 Å². The first-order valence-corrected chi connectivity index (χ1v) is 8.63. The lowest BCUT2D eigenvalue weighted by molar-refractivity contribution is -0.135. The SMILES string of the molecule is C/C=C/c1ccc(OCC(=O)N(CCC)C2CCNC2)c(OC)c1. The largest absolute Gasteiger partial charge is 0.493 e. The van der Waals surface area contributed by atoms with Crippen molar-refractivity contribution in [3.63, 3.8) is 0 Å². The molecule has 24 heavy (non-hydrogen) atoms. The summed E-state index contributed by atoms with van der Waals surface area (Å²) >= 11 is 0. The van der Waals surface area contributed by atoms with Crippen molar-refractivity contribution in [1.29, 1.82) is 0 Å². The van der Waals surface area contributed by atoms with Crippen LogP contribution in [-0.4, -0.2) is 50.2 Å². The Morgan fingerprint density at radius 1 is 1.42 bits per heavy atom. The topological polar surface area (TPSA) is 50.8 Å². The van der Waals surface area contributed by atoms with Gasteiger partial charge in [-0.15, -0.1) is 0 Å². The fraction of sp³-hybridized carbons (Fsp3) is 0.526. The van der Waals surface area contributed by atoms with Gasteiger partial charge in [-0.05, 0) is 44.0 Å². The Kier molecular flexibility index (Phi) is 7.12. The number of allylic oxidation sites excluding steroid dienone is 1. The number of nitrogens with one attached hydrogen (secondary N) is 1. The van der Waals surface area contributed by atoms with E-state index < -0.39 is 0 Å². The van der Waals surface area contributed by atoms with Gasteiger partial charge in [-0.3, -0.25) is 4.79 Å². The van der Waals surface area contributed by atoms with Crippen molar-refractivity contribution < 1.29 is 14.3 Å². The van der Waals surface area contributed by atoms with Gasteiger partial charge in [0.2, 0.25) is 0 Å². The monoisotopic (exact) mass is 332 g/mol. The first kappa shape index (κ1) is 18.3. The average Bonchev–Trinajstić information content (AvgIpc) is 3.12. The van der Waals surface area contributed by atoms with Crippen LogP contribution in [0.25, 0.3) is 6.08 Å². The summed E-state index contributed by atoms with van der Waals surface area (Å²) in [6.07, 6.45) is 5.92. The fourth-order valence-corrected chi connectivity index (χ4v) is 2.98. The van der Waals surface area contributed by atoms with Crippen LogP contribution in [0.5, 0.6) is 11.5 Å². The maximum absolute atomic E-state index is 12.6. The predicted molar refractivity (Wildman–Crippen MR) is 96.5 cm³/mol. The molecule has 1 unspecified atom stereocenters. The highest BCUT2D eigenvalue weighted by Gasteiger charge is 2.26. The van der Waals surface area contributed by atoms with E-state index in [9.17, 15) is 4.79 Å². The Morgan fingerprint density at radius 2 is 2.25 bits per heavy atom. The van der Waals surface area contributed by atoms with E-state index in [4.69, 9.17) is 9.47 Å². The Morgan fingerprint density at radius 3 is 2.88 bits per heavy atom. The van der Waals surface area contributed by atoms with Crippen LogP contribution in [0.4, 0.5) is 0 Å². The molecule has 0 spiro atoms. The average molecular weight is 332 g/mol. The van der Waals surface area contributed by atoms with Crippen LogP contribution >= 0.6 is 0 Å². The van der Waals surface area contributed by atoms with Crippen molar-refractivity contribution in [2.24, 2.45) is 0 Å². The van der Waals surface area contributed by atoms with Crippen LogP contribution in [0, 0.1) is 0 Å². The quantitative estimate of drug-likeness (QED) is 0.795. The van der Waals surface area contributed by atoms with E-state index in [1.807, 2.05) is 42.2 Å². The van der Waals surface area contributed by atoms with Gasteiger partial charge in [0.15, 0.2) is 18.1 Å². The smallest absolute Gasteiger partial charge is 0.260 e. The molecule has 0 aliphatic carbocycles. The zero-order valence-corrected chi connectivity index (χ0v) is 14.9. The fourth-order valence-electron chi connectivity index (χ4n) is 2.98. The lowest BCUT2D eigenvalue weighted by atomic mass is 10.2. The van der Waals surface area contributed by atoms with E-state index in [2.05, 4.69) is 12.2 Å². The van der Waals surface area contributed by atoms with Crippen LogP contribution in [0.3, 0.4) is 0 Å². The number of rotatable bonds is 8. The van der Waals surface area contributed by atoms with Gasteiger partial charge in [-0.1, -0.05) is 25.1 Å². The summed E-state index contributed by atoms with van der Waals surface area (Å²) in [6, 6.07) is 5.99. The molecule has 0 bridgehead atoms. The summed E-state index contributed by atoms with van der Waals surface area (Å²) in [4.78, 5) is 14.5. The van der Waals surface area contributed by atoms with Crippen molar-refractivity contribution in [3.05, 3.63) is 29.8 Å². The first-order valence-electron chi connectivity index (χ1n) is 8.63. The Bertz CT molecular complexity index is 566. The third-order valence-corrected chi connectivity index (χ3v) is 4.16. The molecule has 1 fully saturated rings. The molecule has 0 radical (unpaired) electrons. The molecule has 0 aromatic heterocycles. The number of ether oxygens (including phenoxy) is 2. The van der Waals surface area contributed by atoms with Gasteiger partial charge in [-0.2, -0.15) is 0 Å². The normalized spacial score (nSPS) is 17.2. The van der Waals surface area contributed by atoms with Crippen molar-refractivity contribution >= 4 is 12.0 Å². The van der Waals surface area contributed by atoms with Crippen LogP contribution in [-0.2, 0) is 4.79 Å². The summed E-state index contributed by atoms with van der Waals surface area (Å²) in [5.74, 6) is 1.27. The Balaban J connectivity index is 2.01. The Hall–Kier alpha value is -2.01. The van der Waals surface area contributed by atoms with Gasteiger partial charge < -0.3 is 19.7 Å². The summed E-state index contributed by atoms with van der Waals surface area (Å²) in [5, 5.41) is 3.32. The number of hydrogen-bond donors (Lipinski definition) is 1. The van der Waals surface area contributed by atoms with Crippen molar-refractivity contribution in [1.82, 2.24) is 10.2 Å². The predicted octanol–water partition coefficient (Wildman–Crippen LogP) is 2.71. The van der Waals surface area contributed by atoms with Crippen LogP contribution in [0.1, 0.15) is 32.3 Å². The minimum Gasteiger partial charge on any atom is -0.493 e. The van der Waals surface area contributed by atoms with Crippen LogP contribution in [0.15, 0.2) is 24.3 Å². The van der Waals surface area contributed by atoms with E-state index in [-0.39, 0.29) is 18.6 Å². The molecular formula is C19H28N2O3. The maximum atomic E-state index is 12.6. The van der Waals surface area contributed by atoms with Gasteiger partial charge in [0.1, 0.15) is 0 Å². The molecule has 2 rings (SSSR count). The third kappa shape index (κ3) is 4.74. The highest BCUT2D eigenvalue weighted by Crippen LogP contribution is 2.28. The second-order valence-corrected chi connectivity index (χ2v) is 5.93. The molecule has 1 saturated heterocycles. The molecule has 5 heteroatoms.